The third-order valence-electron chi connectivity index (χ3n) is 3.52. The summed E-state index contributed by atoms with van der Waals surface area (Å²) in [5, 5.41) is 12.4. The van der Waals surface area contributed by atoms with Crippen LogP contribution >= 0.6 is 0 Å². The number of aliphatic carboxylic acids is 1. The first-order valence-electron chi connectivity index (χ1n) is 6.83. The molecule has 104 valence electrons. The number of carboxylic acid groups (broad SMARTS) is 1. The predicted octanol–water partition coefficient (Wildman–Crippen LogP) is 1.95. The molecule has 1 aliphatic rings. The van der Waals surface area contributed by atoms with E-state index in [-0.39, 0.29) is 12.5 Å². The van der Waals surface area contributed by atoms with Crippen molar-refractivity contribution in [3.8, 4) is 0 Å². The van der Waals surface area contributed by atoms with Crippen molar-refractivity contribution in [3.63, 3.8) is 0 Å². The fourth-order valence-corrected chi connectivity index (χ4v) is 2.78. The molecular formula is C15H22N2O2. The molecular weight excluding hydrogens is 240 g/mol. The van der Waals surface area contributed by atoms with Gasteiger partial charge in [0.15, 0.2) is 0 Å². The van der Waals surface area contributed by atoms with Gasteiger partial charge in [-0.15, -0.1) is 0 Å². The Morgan fingerprint density at radius 3 is 2.68 bits per heavy atom. The molecule has 1 saturated heterocycles. The number of carboxylic acids is 1. The molecule has 4 heteroatoms. The highest BCUT2D eigenvalue weighted by molar-refractivity contribution is 5.69. The SMILES string of the molecule is Cc1cc(C)cc(N2CCCNCC2CC(=O)O)c1. The van der Waals surface area contributed by atoms with E-state index in [0.29, 0.717) is 0 Å². The lowest BCUT2D eigenvalue weighted by molar-refractivity contribution is -0.137. The van der Waals surface area contributed by atoms with E-state index in [0.717, 1.165) is 31.7 Å². The van der Waals surface area contributed by atoms with E-state index < -0.39 is 5.97 Å². The van der Waals surface area contributed by atoms with E-state index in [2.05, 4.69) is 42.3 Å². The van der Waals surface area contributed by atoms with Crippen molar-refractivity contribution in [3.05, 3.63) is 29.3 Å². The third-order valence-corrected chi connectivity index (χ3v) is 3.52. The minimum atomic E-state index is -0.733. The van der Waals surface area contributed by atoms with Crippen molar-refractivity contribution in [1.29, 1.82) is 0 Å². The number of aryl methyl sites for hydroxylation is 2. The third kappa shape index (κ3) is 3.70. The monoisotopic (exact) mass is 262 g/mol. The molecule has 1 fully saturated rings. The van der Waals surface area contributed by atoms with Gasteiger partial charge < -0.3 is 15.3 Å². The summed E-state index contributed by atoms with van der Waals surface area (Å²) in [6, 6.07) is 6.47. The molecule has 2 rings (SSSR count). The fraction of sp³-hybridized carbons (Fsp3) is 0.533. The Morgan fingerprint density at radius 1 is 1.37 bits per heavy atom. The molecule has 0 aromatic heterocycles. The summed E-state index contributed by atoms with van der Waals surface area (Å²) in [4.78, 5) is 13.3. The van der Waals surface area contributed by atoms with E-state index in [9.17, 15) is 4.79 Å². The minimum absolute atomic E-state index is 0.0289. The Morgan fingerprint density at radius 2 is 2.05 bits per heavy atom. The second-order valence-electron chi connectivity index (χ2n) is 5.35. The maximum absolute atomic E-state index is 11.0. The number of hydrogen-bond donors (Lipinski definition) is 2. The van der Waals surface area contributed by atoms with Gasteiger partial charge in [-0.3, -0.25) is 4.79 Å². The Balaban J connectivity index is 2.27. The topological polar surface area (TPSA) is 52.6 Å². The first kappa shape index (κ1) is 13.9. The average molecular weight is 262 g/mol. The van der Waals surface area contributed by atoms with Crippen LogP contribution < -0.4 is 10.2 Å². The van der Waals surface area contributed by atoms with Crippen molar-refractivity contribution < 1.29 is 9.90 Å². The van der Waals surface area contributed by atoms with E-state index in [1.807, 2.05) is 0 Å². The summed E-state index contributed by atoms with van der Waals surface area (Å²) in [6.07, 6.45) is 1.23. The van der Waals surface area contributed by atoms with Gasteiger partial charge in [-0.25, -0.2) is 0 Å². The van der Waals surface area contributed by atoms with Crippen molar-refractivity contribution in [2.45, 2.75) is 32.7 Å². The number of rotatable bonds is 3. The number of nitrogens with one attached hydrogen (secondary N) is 1. The number of anilines is 1. The van der Waals surface area contributed by atoms with E-state index in [1.165, 1.54) is 11.1 Å². The highest BCUT2D eigenvalue weighted by Crippen LogP contribution is 2.23. The molecule has 1 atom stereocenters. The molecule has 1 unspecified atom stereocenters. The standard InChI is InChI=1S/C15H22N2O2/c1-11-6-12(2)8-13(7-11)17-5-3-4-16-10-14(17)9-15(18)19/h6-8,14,16H,3-5,9-10H2,1-2H3,(H,18,19). The van der Waals surface area contributed by atoms with Crippen LogP contribution in [0, 0.1) is 13.8 Å². The van der Waals surface area contributed by atoms with Crippen molar-refractivity contribution in [1.82, 2.24) is 5.32 Å². The summed E-state index contributed by atoms with van der Waals surface area (Å²) >= 11 is 0. The first-order chi connectivity index (χ1) is 9.06. The van der Waals surface area contributed by atoms with Crippen LogP contribution in [0.1, 0.15) is 24.0 Å². The molecule has 0 aliphatic carbocycles. The Labute approximate surface area is 114 Å². The predicted molar refractivity (Wildman–Crippen MR) is 76.8 cm³/mol. The summed E-state index contributed by atoms with van der Waals surface area (Å²) < 4.78 is 0. The molecule has 1 aromatic rings. The smallest absolute Gasteiger partial charge is 0.305 e. The zero-order chi connectivity index (χ0) is 13.8. The molecule has 0 amide bonds. The van der Waals surface area contributed by atoms with Crippen LogP contribution in [0.3, 0.4) is 0 Å². The van der Waals surface area contributed by atoms with Gasteiger partial charge in [0.05, 0.1) is 12.5 Å². The number of nitrogens with zero attached hydrogens (tertiary/aromatic N) is 1. The summed E-state index contributed by atoms with van der Waals surface area (Å²) in [5.41, 5.74) is 3.59. The van der Waals surface area contributed by atoms with Crippen molar-refractivity contribution in [2.75, 3.05) is 24.5 Å². The largest absolute Gasteiger partial charge is 0.481 e. The molecule has 19 heavy (non-hydrogen) atoms. The van der Waals surface area contributed by atoms with Crippen LogP contribution in [0.25, 0.3) is 0 Å². The minimum Gasteiger partial charge on any atom is -0.481 e. The molecule has 0 bridgehead atoms. The Kier molecular flexibility index (Phi) is 4.43. The van der Waals surface area contributed by atoms with E-state index in [1.54, 1.807) is 0 Å². The maximum atomic E-state index is 11.0. The molecule has 0 radical (unpaired) electrons. The van der Waals surface area contributed by atoms with Gasteiger partial charge in [-0.2, -0.15) is 0 Å². The molecule has 0 saturated carbocycles. The zero-order valence-electron chi connectivity index (χ0n) is 11.6. The van der Waals surface area contributed by atoms with Gasteiger partial charge >= 0.3 is 5.97 Å². The zero-order valence-corrected chi connectivity index (χ0v) is 11.6. The highest BCUT2D eigenvalue weighted by atomic mass is 16.4. The highest BCUT2D eigenvalue weighted by Gasteiger charge is 2.23. The lowest BCUT2D eigenvalue weighted by Gasteiger charge is -2.31. The van der Waals surface area contributed by atoms with Crippen LogP contribution in [-0.2, 0) is 4.79 Å². The molecule has 1 aromatic carbocycles. The Bertz CT molecular complexity index is 439. The molecule has 1 heterocycles. The van der Waals surface area contributed by atoms with Gasteiger partial charge in [0, 0.05) is 18.8 Å². The van der Waals surface area contributed by atoms with E-state index >= 15 is 0 Å². The van der Waals surface area contributed by atoms with Crippen molar-refractivity contribution in [2.24, 2.45) is 0 Å². The number of hydrogen-bond acceptors (Lipinski definition) is 3. The van der Waals surface area contributed by atoms with Gasteiger partial charge in [0.1, 0.15) is 0 Å². The summed E-state index contributed by atoms with van der Waals surface area (Å²) in [6.45, 7) is 6.77. The van der Waals surface area contributed by atoms with Crippen LogP contribution in [0.2, 0.25) is 0 Å². The molecule has 2 N–H and O–H groups in total. The lowest BCUT2D eigenvalue weighted by Crippen LogP contribution is -2.41. The van der Waals surface area contributed by atoms with Crippen LogP contribution in [0.4, 0.5) is 5.69 Å². The first-order valence-corrected chi connectivity index (χ1v) is 6.83. The second-order valence-corrected chi connectivity index (χ2v) is 5.35. The van der Waals surface area contributed by atoms with Crippen molar-refractivity contribution >= 4 is 11.7 Å². The van der Waals surface area contributed by atoms with Gasteiger partial charge in [-0.05, 0) is 50.1 Å². The summed E-state index contributed by atoms with van der Waals surface area (Å²) in [7, 11) is 0. The second kappa shape index (κ2) is 6.06. The van der Waals surface area contributed by atoms with Gasteiger partial charge in [-0.1, -0.05) is 6.07 Å². The molecule has 1 aliphatic heterocycles. The Hall–Kier alpha value is -1.55. The normalized spacial score (nSPS) is 20.1. The summed E-state index contributed by atoms with van der Waals surface area (Å²) in [5.74, 6) is -0.733. The average Bonchev–Trinajstić information content (AvgIpc) is 2.52. The quantitative estimate of drug-likeness (QED) is 0.874. The molecule has 4 nitrogen and oxygen atoms in total. The fourth-order valence-electron chi connectivity index (χ4n) is 2.78. The number of carbonyl (C=O) groups is 1. The van der Waals surface area contributed by atoms with Crippen LogP contribution in [0.15, 0.2) is 18.2 Å². The van der Waals surface area contributed by atoms with Gasteiger partial charge in [0.2, 0.25) is 0 Å². The van der Waals surface area contributed by atoms with E-state index in [4.69, 9.17) is 5.11 Å². The molecule has 0 spiro atoms. The lowest BCUT2D eigenvalue weighted by atomic mass is 10.1. The van der Waals surface area contributed by atoms with Gasteiger partial charge in [0.25, 0.3) is 0 Å². The number of benzene rings is 1. The van der Waals surface area contributed by atoms with Crippen LogP contribution in [-0.4, -0.2) is 36.8 Å². The maximum Gasteiger partial charge on any atom is 0.305 e. The van der Waals surface area contributed by atoms with Crippen LogP contribution in [0.5, 0.6) is 0 Å².